The van der Waals surface area contributed by atoms with Crippen LogP contribution in [0.3, 0.4) is 0 Å². The molecule has 0 aliphatic heterocycles. The van der Waals surface area contributed by atoms with E-state index in [0.717, 1.165) is 25.2 Å². The second kappa shape index (κ2) is 15.5. The van der Waals surface area contributed by atoms with Gasteiger partial charge in [0, 0.05) is 6.61 Å². The SMILES string of the molecule is CCCCCC(C)C(O)C/C=C/[C@H]1C=CC[C@@H]1CCCCCCCCO. The van der Waals surface area contributed by atoms with E-state index in [9.17, 15) is 5.11 Å². The molecule has 2 heteroatoms. The zero-order valence-corrected chi connectivity index (χ0v) is 17.4. The van der Waals surface area contributed by atoms with Crippen LogP contribution in [0.25, 0.3) is 0 Å². The highest BCUT2D eigenvalue weighted by molar-refractivity contribution is 5.10. The molecule has 0 heterocycles. The van der Waals surface area contributed by atoms with Crippen molar-refractivity contribution < 1.29 is 10.2 Å². The van der Waals surface area contributed by atoms with Gasteiger partial charge in [-0.2, -0.15) is 0 Å². The van der Waals surface area contributed by atoms with Crippen molar-refractivity contribution in [3.05, 3.63) is 24.3 Å². The van der Waals surface area contributed by atoms with Gasteiger partial charge in [0.05, 0.1) is 6.10 Å². The molecule has 0 radical (unpaired) electrons. The summed E-state index contributed by atoms with van der Waals surface area (Å²) in [6.07, 6.45) is 24.7. The Hall–Kier alpha value is -0.600. The number of hydrogen-bond donors (Lipinski definition) is 2. The third kappa shape index (κ3) is 10.5. The molecule has 2 N–H and O–H groups in total. The van der Waals surface area contributed by atoms with Crippen LogP contribution in [0.15, 0.2) is 24.3 Å². The predicted octanol–water partition coefficient (Wildman–Crippen LogP) is 6.43. The molecule has 1 aliphatic rings. The summed E-state index contributed by atoms with van der Waals surface area (Å²) in [7, 11) is 0. The maximum absolute atomic E-state index is 10.3. The molecule has 1 rings (SSSR count). The van der Waals surface area contributed by atoms with Gasteiger partial charge < -0.3 is 10.2 Å². The van der Waals surface area contributed by atoms with Gasteiger partial charge in [0.2, 0.25) is 0 Å². The van der Waals surface area contributed by atoms with Crippen molar-refractivity contribution in [3.8, 4) is 0 Å². The van der Waals surface area contributed by atoms with Gasteiger partial charge in [0.1, 0.15) is 0 Å². The minimum atomic E-state index is -0.189. The molecule has 2 nitrogen and oxygen atoms in total. The van der Waals surface area contributed by atoms with Gasteiger partial charge in [0.15, 0.2) is 0 Å². The highest BCUT2D eigenvalue weighted by atomic mass is 16.3. The first-order valence-corrected chi connectivity index (χ1v) is 11.3. The molecule has 4 atom stereocenters. The average molecular weight is 365 g/mol. The third-order valence-electron chi connectivity index (χ3n) is 5.98. The number of rotatable bonds is 16. The first-order valence-electron chi connectivity index (χ1n) is 11.3. The van der Waals surface area contributed by atoms with E-state index >= 15 is 0 Å². The van der Waals surface area contributed by atoms with Crippen molar-refractivity contribution >= 4 is 0 Å². The summed E-state index contributed by atoms with van der Waals surface area (Å²) >= 11 is 0. The summed E-state index contributed by atoms with van der Waals surface area (Å²) in [4.78, 5) is 0. The standard InChI is InChI=1S/C24H44O2/c1-3-4-9-14-21(2)24(26)19-13-18-23-17-12-16-22(23)15-10-7-5-6-8-11-20-25/h12-13,17-18,21-26H,3-11,14-16,19-20H2,1-2H3/b18-13+/t21?,22-,23+,24?/m0/s1. The summed E-state index contributed by atoms with van der Waals surface area (Å²) < 4.78 is 0. The van der Waals surface area contributed by atoms with Crippen LogP contribution in [0.2, 0.25) is 0 Å². The molecule has 1 aliphatic carbocycles. The lowest BCUT2D eigenvalue weighted by Gasteiger charge is -2.18. The Morgan fingerprint density at radius 2 is 1.77 bits per heavy atom. The van der Waals surface area contributed by atoms with Crippen LogP contribution in [0, 0.1) is 17.8 Å². The van der Waals surface area contributed by atoms with E-state index < -0.39 is 0 Å². The zero-order chi connectivity index (χ0) is 19.0. The normalized spacial score (nSPS) is 22.3. The van der Waals surface area contributed by atoms with Crippen molar-refractivity contribution in [1.29, 1.82) is 0 Å². The van der Waals surface area contributed by atoms with E-state index in [1.165, 1.54) is 64.2 Å². The molecular weight excluding hydrogens is 320 g/mol. The Labute approximate surface area is 162 Å². The van der Waals surface area contributed by atoms with Crippen LogP contribution in [-0.4, -0.2) is 22.9 Å². The lowest BCUT2D eigenvalue weighted by molar-refractivity contribution is 0.113. The summed E-state index contributed by atoms with van der Waals surface area (Å²) in [5.74, 6) is 1.75. The Balaban J connectivity index is 2.17. The second-order valence-corrected chi connectivity index (χ2v) is 8.34. The van der Waals surface area contributed by atoms with E-state index in [4.69, 9.17) is 5.11 Å². The van der Waals surface area contributed by atoms with E-state index in [2.05, 4.69) is 38.2 Å². The monoisotopic (exact) mass is 364 g/mol. The van der Waals surface area contributed by atoms with Crippen LogP contribution in [-0.2, 0) is 0 Å². The fourth-order valence-electron chi connectivity index (χ4n) is 4.00. The largest absolute Gasteiger partial charge is 0.396 e. The number of unbranched alkanes of at least 4 members (excludes halogenated alkanes) is 7. The molecule has 2 unspecified atom stereocenters. The Bertz CT molecular complexity index is 374. The lowest BCUT2D eigenvalue weighted by atomic mass is 9.89. The molecule has 0 amide bonds. The third-order valence-corrected chi connectivity index (χ3v) is 5.98. The van der Waals surface area contributed by atoms with E-state index in [1.807, 2.05) is 0 Å². The molecule has 0 aromatic rings. The topological polar surface area (TPSA) is 40.5 Å². The number of aliphatic hydroxyl groups is 2. The lowest BCUT2D eigenvalue weighted by Crippen LogP contribution is -2.16. The minimum absolute atomic E-state index is 0.189. The van der Waals surface area contributed by atoms with Crippen LogP contribution >= 0.6 is 0 Å². The van der Waals surface area contributed by atoms with Gasteiger partial charge >= 0.3 is 0 Å². The maximum Gasteiger partial charge on any atom is 0.0600 e. The quantitative estimate of drug-likeness (QED) is 0.245. The molecular formula is C24H44O2. The van der Waals surface area contributed by atoms with Crippen molar-refractivity contribution in [3.63, 3.8) is 0 Å². The molecule has 0 bridgehead atoms. The van der Waals surface area contributed by atoms with E-state index in [1.54, 1.807) is 0 Å². The first-order chi connectivity index (χ1) is 12.7. The highest BCUT2D eigenvalue weighted by Crippen LogP contribution is 2.31. The molecule has 0 aromatic carbocycles. The fraction of sp³-hybridized carbons (Fsp3) is 0.833. The molecule has 26 heavy (non-hydrogen) atoms. The average Bonchev–Trinajstić information content (AvgIpc) is 3.08. The fourth-order valence-corrected chi connectivity index (χ4v) is 4.00. The van der Waals surface area contributed by atoms with Crippen LogP contribution < -0.4 is 0 Å². The molecule has 0 spiro atoms. The first kappa shape index (κ1) is 23.4. The Kier molecular flexibility index (Phi) is 13.9. The molecule has 0 aromatic heterocycles. The summed E-state index contributed by atoms with van der Waals surface area (Å²) in [5.41, 5.74) is 0. The van der Waals surface area contributed by atoms with Gasteiger partial charge in [-0.3, -0.25) is 0 Å². The smallest absolute Gasteiger partial charge is 0.0600 e. The van der Waals surface area contributed by atoms with Gasteiger partial charge in [-0.15, -0.1) is 0 Å². The van der Waals surface area contributed by atoms with Crippen molar-refractivity contribution in [2.45, 2.75) is 103 Å². The zero-order valence-electron chi connectivity index (χ0n) is 17.4. The number of allylic oxidation sites excluding steroid dienone is 3. The Morgan fingerprint density at radius 1 is 1.04 bits per heavy atom. The van der Waals surface area contributed by atoms with Crippen LogP contribution in [0.1, 0.15) is 97.3 Å². The second-order valence-electron chi connectivity index (χ2n) is 8.34. The van der Waals surface area contributed by atoms with Crippen molar-refractivity contribution in [1.82, 2.24) is 0 Å². The van der Waals surface area contributed by atoms with Gasteiger partial charge in [-0.25, -0.2) is 0 Å². The molecule has 152 valence electrons. The molecule has 0 saturated carbocycles. The van der Waals surface area contributed by atoms with Gasteiger partial charge in [-0.1, -0.05) is 89.5 Å². The van der Waals surface area contributed by atoms with E-state index in [-0.39, 0.29) is 6.10 Å². The maximum atomic E-state index is 10.3. The number of hydrogen-bond acceptors (Lipinski definition) is 2. The Morgan fingerprint density at radius 3 is 2.50 bits per heavy atom. The van der Waals surface area contributed by atoms with Crippen LogP contribution in [0.5, 0.6) is 0 Å². The number of aliphatic hydroxyl groups excluding tert-OH is 2. The van der Waals surface area contributed by atoms with Crippen LogP contribution in [0.4, 0.5) is 0 Å². The summed E-state index contributed by atoms with van der Waals surface area (Å²) in [6.45, 7) is 4.76. The molecule has 0 fully saturated rings. The van der Waals surface area contributed by atoms with Gasteiger partial charge in [0.25, 0.3) is 0 Å². The van der Waals surface area contributed by atoms with Crippen molar-refractivity contribution in [2.24, 2.45) is 17.8 Å². The summed E-state index contributed by atoms with van der Waals surface area (Å²) in [6, 6.07) is 0. The summed E-state index contributed by atoms with van der Waals surface area (Å²) in [5, 5.41) is 19.1. The predicted molar refractivity (Wildman–Crippen MR) is 113 cm³/mol. The van der Waals surface area contributed by atoms with Crippen molar-refractivity contribution in [2.75, 3.05) is 6.61 Å². The highest BCUT2D eigenvalue weighted by Gasteiger charge is 2.20. The molecule has 0 saturated heterocycles. The minimum Gasteiger partial charge on any atom is -0.396 e. The van der Waals surface area contributed by atoms with Gasteiger partial charge in [-0.05, 0) is 49.9 Å². The van der Waals surface area contributed by atoms with E-state index in [0.29, 0.717) is 18.4 Å².